The van der Waals surface area contributed by atoms with Gasteiger partial charge in [0, 0.05) is 36.8 Å². The van der Waals surface area contributed by atoms with Crippen LogP contribution >= 0.6 is 0 Å². The minimum Gasteiger partial charge on any atom is -0.471 e. The van der Waals surface area contributed by atoms with Crippen LogP contribution in [0.25, 0.3) is 10.8 Å². The lowest BCUT2D eigenvalue weighted by Gasteiger charge is -2.17. The Morgan fingerprint density at radius 3 is 2.92 bits per heavy atom. The van der Waals surface area contributed by atoms with Crippen LogP contribution in [0.4, 0.5) is 0 Å². The molecule has 1 atom stereocenters. The molecule has 0 spiro atoms. The van der Waals surface area contributed by atoms with E-state index in [1.807, 2.05) is 30.3 Å². The van der Waals surface area contributed by atoms with Crippen molar-refractivity contribution in [3.63, 3.8) is 0 Å². The quantitative estimate of drug-likeness (QED) is 0.741. The lowest BCUT2D eigenvalue weighted by molar-refractivity contribution is 0.0767. The SMILES string of the molecule is O=C(c1nccc2ccccc12)N1CC[C@H](Oc2cccnn2)C1. The fourth-order valence-electron chi connectivity index (χ4n) is 2.97. The maximum atomic E-state index is 12.8. The van der Waals surface area contributed by atoms with Crippen molar-refractivity contribution in [1.82, 2.24) is 20.1 Å². The van der Waals surface area contributed by atoms with Crippen molar-refractivity contribution in [2.45, 2.75) is 12.5 Å². The van der Waals surface area contributed by atoms with Gasteiger partial charge in [0.2, 0.25) is 5.88 Å². The molecule has 0 N–H and O–H groups in total. The fraction of sp³-hybridized carbons (Fsp3) is 0.222. The van der Waals surface area contributed by atoms with Crippen LogP contribution in [-0.2, 0) is 0 Å². The Hall–Kier alpha value is -3.02. The number of fused-ring (bicyclic) bond motifs is 1. The second kappa shape index (κ2) is 6.23. The van der Waals surface area contributed by atoms with Crippen LogP contribution < -0.4 is 4.74 Å². The number of ether oxygens (including phenoxy) is 1. The number of pyridine rings is 1. The van der Waals surface area contributed by atoms with E-state index in [-0.39, 0.29) is 12.0 Å². The van der Waals surface area contributed by atoms with Crippen molar-refractivity contribution < 1.29 is 9.53 Å². The highest BCUT2D eigenvalue weighted by Crippen LogP contribution is 2.21. The first-order valence-corrected chi connectivity index (χ1v) is 7.88. The molecule has 0 unspecified atom stereocenters. The molecule has 0 radical (unpaired) electrons. The Morgan fingerprint density at radius 1 is 1.12 bits per heavy atom. The molecule has 4 rings (SSSR count). The average Bonchev–Trinajstić information content (AvgIpc) is 3.10. The normalized spacial score (nSPS) is 17.2. The van der Waals surface area contributed by atoms with E-state index in [2.05, 4.69) is 15.2 Å². The largest absolute Gasteiger partial charge is 0.471 e. The minimum absolute atomic E-state index is 0.0583. The maximum Gasteiger partial charge on any atom is 0.273 e. The van der Waals surface area contributed by atoms with Gasteiger partial charge >= 0.3 is 0 Å². The Morgan fingerprint density at radius 2 is 2.04 bits per heavy atom. The molecule has 1 aliphatic heterocycles. The predicted molar refractivity (Wildman–Crippen MR) is 88.7 cm³/mol. The molecule has 1 saturated heterocycles. The third-order valence-corrected chi connectivity index (χ3v) is 4.14. The summed E-state index contributed by atoms with van der Waals surface area (Å²) in [4.78, 5) is 18.9. The molecule has 1 aliphatic rings. The second-order valence-electron chi connectivity index (χ2n) is 5.72. The highest BCUT2D eigenvalue weighted by Gasteiger charge is 2.29. The van der Waals surface area contributed by atoms with Crippen LogP contribution in [-0.4, -0.2) is 45.2 Å². The van der Waals surface area contributed by atoms with Crippen molar-refractivity contribution in [3.05, 3.63) is 60.6 Å². The molecule has 1 amide bonds. The van der Waals surface area contributed by atoms with Crippen molar-refractivity contribution in [2.24, 2.45) is 0 Å². The second-order valence-corrected chi connectivity index (χ2v) is 5.72. The molecule has 1 fully saturated rings. The molecule has 24 heavy (non-hydrogen) atoms. The van der Waals surface area contributed by atoms with Gasteiger partial charge in [-0.05, 0) is 17.5 Å². The zero-order chi connectivity index (χ0) is 16.4. The number of carbonyl (C=O) groups excluding carboxylic acids is 1. The number of amides is 1. The van der Waals surface area contributed by atoms with Gasteiger partial charge in [0.1, 0.15) is 11.8 Å². The van der Waals surface area contributed by atoms with Crippen molar-refractivity contribution >= 4 is 16.7 Å². The summed E-state index contributed by atoms with van der Waals surface area (Å²) in [7, 11) is 0. The van der Waals surface area contributed by atoms with Gasteiger partial charge in [0.25, 0.3) is 5.91 Å². The lowest BCUT2D eigenvalue weighted by Crippen LogP contribution is -2.31. The van der Waals surface area contributed by atoms with Crippen LogP contribution in [0.15, 0.2) is 54.9 Å². The Bertz CT molecular complexity index is 864. The number of hydrogen-bond acceptors (Lipinski definition) is 5. The van der Waals surface area contributed by atoms with Gasteiger partial charge in [0.05, 0.1) is 6.54 Å². The van der Waals surface area contributed by atoms with E-state index in [1.165, 1.54) is 0 Å². The molecule has 0 aliphatic carbocycles. The van der Waals surface area contributed by atoms with Gasteiger partial charge in [-0.25, -0.2) is 0 Å². The molecule has 6 heteroatoms. The number of likely N-dealkylation sites (tertiary alicyclic amines) is 1. The highest BCUT2D eigenvalue weighted by atomic mass is 16.5. The molecule has 3 aromatic rings. The molecule has 3 heterocycles. The number of benzene rings is 1. The zero-order valence-corrected chi connectivity index (χ0v) is 13.0. The molecule has 0 saturated carbocycles. The molecular weight excluding hydrogens is 304 g/mol. The first-order chi connectivity index (χ1) is 11.8. The van der Waals surface area contributed by atoms with Gasteiger partial charge in [0.15, 0.2) is 0 Å². The van der Waals surface area contributed by atoms with E-state index >= 15 is 0 Å². The number of nitrogens with zero attached hydrogens (tertiary/aromatic N) is 4. The highest BCUT2D eigenvalue weighted by molar-refractivity contribution is 6.05. The van der Waals surface area contributed by atoms with Crippen LogP contribution in [0.2, 0.25) is 0 Å². The van der Waals surface area contributed by atoms with Gasteiger partial charge in [-0.2, -0.15) is 5.10 Å². The summed E-state index contributed by atoms with van der Waals surface area (Å²) in [5, 5.41) is 9.61. The minimum atomic E-state index is -0.0689. The molecule has 120 valence electrons. The fourth-order valence-corrected chi connectivity index (χ4v) is 2.97. The first-order valence-electron chi connectivity index (χ1n) is 7.88. The van der Waals surface area contributed by atoms with E-state index in [1.54, 1.807) is 29.4 Å². The van der Waals surface area contributed by atoms with Crippen LogP contribution in [0.5, 0.6) is 5.88 Å². The Labute approximate surface area is 139 Å². The van der Waals surface area contributed by atoms with E-state index in [0.29, 0.717) is 24.7 Å². The summed E-state index contributed by atoms with van der Waals surface area (Å²) in [6.07, 6.45) is 3.98. The molecule has 6 nitrogen and oxygen atoms in total. The van der Waals surface area contributed by atoms with E-state index in [4.69, 9.17) is 4.74 Å². The monoisotopic (exact) mass is 320 g/mol. The van der Waals surface area contributed by atoms with Gasteiger partial charge in [-0.15, -0.1) is 5.10 Å². The lowest BCUT2D eigenvalue weighted by atomic mass is 10.1. The van der Waals surface area contributed by atoms with Crippen molar-refractivity contribution in [2.75, 3.05) is 13.1 Å². The van der Waals surface area contributed by atoms with Crippen molar-refractivity contribution in [1.29, 1.82) is 0 Å². The van der Waals surface area contributed by atoms with E-state index in [9.17, 15) is 4.79 Å². The predicted octanol–water partition coefficient (Wildman–Crippen LogP) is 2.32. The summed E-state index contributed by atoms with van der Waals surface area (Å²) >= 11 is 0. The smallest absolute Gasteiger partial charge is 0.273 e. The van der Waals surface area contributed by atoms with Gasteiger partial charge in [-0.1, -0.05) is 24.3 Å². The van der Waals surface area contributed by atoms with E-state index in [0.717, 1.165) is 17.2 Å². The third kappa shape index (κ3) is 2.78. The third-order valence-electron chi connectivity index (χ3n) is 4.14. The Kier molecular flexibility index (Phi) is 3.78. The van der Waals surface area contributed by atoms with Crippen molar-refractivity contribution in [3.8, 4) is 5.88 Å². The summed E-state index contributed by atoms with van der Waals surface area (Å²) in [6.45, 7) is 1.18. The standard InChI is InChI=1S/C18H16N4O2/c23-18(17-15-5-2-1-4-13(15)7-10-19-17)22-11-8-14(12-22)24-16-6-3-9-20-21-16/h1-7,9-10,14H,8,11-12H2/t14-/m0/s1. The number of rotatable bonds is 3. The molecule has 1 aromatic carbocycles. The molecule has 2 aromatic heterocycles. The van der Waals surface area contributed by atoms with Gasteiger partial charge in [-0.3, -0.25) is 9.78 Å². The summed E-state index contributed by atoms with van der Waals surface area (Å²) in [5.41, 5.74) is 0.494. The summed E-state index contributed by atoms with van der Waals surface area (Å²) in [6, 6.07) is 13.2. The topological polar surface area (TPSA) is 68.2 Å². The van der Waals surface area contributed by atoms with Crippen LogP contribution in [0.1, 0.15) is 16.9 Å². The Balaban J connectivity index is 1.51. The average molecular weight is 320 g/mol. The maximum absolute atomic E-state index is 12.8. The van der Waals surface area contributed by atoms with Crippen LogP contribution in [0.3, 0.4) is 0 Å². The summed E-state index contributed by atoms with van der Waals surface area (Å²) in [5.74, 6) is 0.428. The molecule has 0 bridgehead atoms. The zero-order valence-electron chi connectivity index (χ0n) is 13.0. The summed E-state index contributed by atoms with van der Waals surface area (Å²) < 4.78 is 5.79. The number of carbonyl (C=O) groups is 1. The van der Waals surface area contributed by atoms with Gasteiger partial charge < -0.3 is 9.64 Å². The first kappa shape index (κ1) is 14.6. The number of hydrogen-bond donors (Lipinski definition) is 0. The van der Waals surface area contributed by atoms with E-state index < -0.39 is 0 Å². The van der Waals surface area contributed by atoms with Crippen LogP contribution in [0, 0.1) is 0 Å². The number of aromatic nitrogens is 3. The molecular formula is C18H16N4O2.